The minimum absolute atomic E-state index is 0.0477. The summed E-state index contributed by atoms with van der Waals surface area (Å²) in [5.41, 5.74) is 3.66. The summed E-state index contributed by atoms with van der Waals surface area (Å²) in [7, 11) is 0. The number of amides is 1. The van der Waals surface area contributed by atoms with E-state index in [9.17, 15) is 14.9 Å². The highest BCUT2D eigenvalue weighted by Gasteiger charge is 2.30. The van der Waals surface area contributed by atoms with Crippen LogP contribution < -0.4 is 4.90 Å². The molecular weight excluding hydrogens is 591 g/mol. The lowest BCUT2D eigenvalue weighted by molar-refractivity contribution is -0.384. The molecule has 2 heterocycles. The molecule has 0 N–H and O–H groups in total. The van der Waals surface area contributed by atoms with Crippen LogP contribution in [-0.2, 0) is 4.79 Å². The fourth-order valence-corrected chi connectivity index (χ4v) is 5.63. The van der Waals surface area contributed by atoms with Crippen molar-refractivity contribution in [2.24, 2.45) is 0 Å². The van der Waals surface area contributed by atoms with Gasteiger partial charge in [-0.2, -0.15) is 0 Å². The van der Waals surface area contributed by atoms with Crippen LogP contribution in [0.2, 0.25) is 10.0 Å². The lowest BCUT2D eigenvalue weighted by Crippen LogP contribution is -2.24. The van der Waals surface area contributed by atoms with Gasteiger partial charge in [-0.3, -0.25) is 19.8 Å². The number of nitro groups is 1. The number of anilines is 1. The van der Waals surface area contributed by atoms with Gasteiger partial charge >= 0.3 is 0 Å². The van der Waals surface area contributed by atoms with E-state index in [1.165, 1.54) is 23.9 Å². The number of carbonyl (C=O) groups is 1. The topological polar surface area (TPSA) is 76.6 Å². The number of furan rings is 1. The van der Waals surface area contributed by atoms with Gasteiger partial charge in [0, 0.05) is 38.7 Å². The Balaban J connectivity index is 1.28. The highest BCUT2D eigenvalue weighted by atomic mass is 35.5. The Kier molecular flexibility index (Phi) is 7.71. The van der Waals surface area contributed by atoms with Crippen LogP contribution in [0.3, 0.4) is 0 Å². The summed E-state index contributed by atoms with van der Waals surface area (Å²) in [5.74, 6) is 0.952. The Morgan fingerprint density at radius 2 is 1.48 bits per heavy atom. The number of hydrogen-bond acceptors (Lipinski definition) is 5. The normalized spacial score (nSPS) is 14.0. The molecule has 5 aromatic rings. The second kappa shape index (κ2) is 11.7. The number of rotatable bonds is 7. The number of hydrogen-bond donors (Lipinski definition) is 0. The molecule has 42 heavy (non-hydrogen) atoms. The van der Waals surface area contributed by atoms with E-state index in [1.807, 2.05) is 72.8 Å². The molecule has 1 aromatic heterocycles. The molecule has 0 unspecified atom stereocenters. The first-order valence-corrected chi connectivity index (χ1v) is 14.3. The monoisotopic (exact) mass is 610 g/mol. The first-order valence-electron chi connectivity index (χ1n) is 12.8. The molecular formula is C33H20Cl2N2O4S. The van der Waals surface area contributed by atoms with E-state index >= 15 is 0 Å². The van der Waals surface area contributed by atoms with E-state index in [4.69, 9.17) is 27.6 Å². The van der Waals surface area contributed by atoms with Gasteiger partial charge < -0.3 is 4.42 Å². The number of non-ortho nitro benzene ring substituents is 1. The zero-order valence-corrected chi connectivity index (χ0v) is 24.1. The molecule has 4 aromatic carbocycles. The Morgan fingerprint density at radius 3 is 2.14 bits per heavy atom. The number of carbonyl (C=O) groups excluding carboxylic acids is 1. The van der Waals surface area contributed by atoms with E-state index in [0.717, 1.165) is 26.6 Å². The van der Waals surface area contributed by atoms with Crippen molar-refractivity contribution in [1.29, 1.82) is 0 Å². The molecule has 0 radical (unpaired) electrons. The second-order valence-electron chi connectivity index (χ2n) is 9.31. The second-order valence-corrected chi connectivity index (χ2v) is 11.3. The van der Waals surface area contributed by atoms with Gasteiger partial charge in [-0.1, -0.05) is 65.3 Å². The molecule has 1 amide bonds. The molecule has 0 atom stereocenters. The Morgan fingerprint density at radius 1 is 0.786 bits per heavy atom. The van der Waals surface area contributed by atoms with Gasteiger partial charge in [0.1, 0.15) is 11.5 Å². The van der Waals surface area contributed by atoms with Crippen molar-refractivity contribution in [3.63, 3.8) is 0 Å². The fraction of sp³-hybridized carbons (Fsp3) is 0. The Bertz CT molecular complexity index is 1860. The zero-order valence-electron chi connectivity index (χ0n) is 21.7. The SMILES string of the molecule is O=C1/C(=C/c2ccc(-c3ccc(Cl)c(Cl)c3)o2)C=C(c2ccccc2)N1c1ccc(Sc2ccc([N+](=O)[O-])cc2)cc1. The predicted octanol–water partition coefficient (Wildman–Crippen LogP) is 9.78. The summed E-state index contributed by atoms with van der Waals surface area (Å²) in [6.07, 6.45) is 3.59. The van der Waals surface area contributed by atoms with Crippen LogP contribution in [0.5, 0.6) is 0 Å². The van der Waals surface area contributed by atoms with Crippen molar-refractivity contribution >= 4 is 64.0 Å². The summed E-state index contributed by atoms with van der Waals surface area (Å²) >= 11 is 13.7. The van der Waals surface area contributed by atoms with Gasteiger partial charge in [-0.05, 0) is 84.4 Å². The maximum absolute atomic E-state index is 13.8. The highest BCUT2D eigenvalue weighted by Crippen LogP contribution is 2.38. The number of nitrogens with zero attached hydrogens (tertiary/aromatic N) is 2. The van der Waals surface area contributed by atoms with Gasteiger partial charge in [0.15, 0.2) is 0 Å². The van der Waals surface area contributed by atoms with Crippen molar-refractivity contribution in [2.75, 3.05) is 4.90 Å². The third-order valence-corrected chi connectivity index (χ3v) is 8.31. The average Bonchev–Trinajstić information content (AvgIpc) is 3.60. The van der Waals surface area contributed by atoms with Gasteiger partial charge in [0.25, 0.3) is 11.6 Å². The van der Waals surface area contributed by atoms with Crippen molar-refractivity contribution in [2.45, 2.75) is 9.79 Å². The van der Waals surface area contributed by atoms with Gasteiger partial charge in [0.2, 0.25) is 0 Å². The first-order chi connectivity index (χ1) is 20.4. The Hall–Kier alpha value is -4.56. The number of nitro benzene ring substituents is 1. The van der Waals surface area contributed by atoms with Crippen LogP contribution in [-0.4, -0.2) is 10.8 Å². The predicted molar refractivity (Wildman–Crippen MR) is 168 cm³/mol. The Labute approximate surface area is 255 Å². The summed E-state index contributed by atoms with van der Waals surface area (Å²) < 4.78 is 6.03. The van der Waals surface area contributed by atoms with Gasteiger partial charge in [0.05, 0.1) is 20.7 Å². The maximum atomic E-state index is 13.8. The van der Waals surface area contributed by atoms with Crippen LogP contribution in [0.4, 0.5) is 11.4 Å². The molecule has 6 nitrogen and oxygen atoms in total. The quantitative estimate of drug-likeness (QED) is 0.104. The first kappa shape index (κ1) is 27.6. The fourth-order valence-electron chi connectivity index (χ4n) is 4.52. The molecule has 0 saturated heterocycles. The molecule has 9 heteroatoms. The molecule has 0 fully saturated rings. The summed E-state index contributed by atoms with van der Waals surface area (Å²) in [6.45, 7) is 0. The minimum Gasteiger partial charge on any atom is -0.457 e. The smallest absolute Gasteiger partial charge is 0.269 e. The van der Waals surface area contributed by atoms with Crippen LogP contribution in [0, 0.1) is 10.1 Å². The molecule has 206 valence electrons. The van der Waals surface area contributed by atoms with E-state index in [-0.39, 0.29) is 11.6 Å². The third kappa shape index (κ3) is 5.76. The van der Waals surface area contributed by atoms with E-state index in [1.54, 1.807) is 41.3 Å². The molecule has 1 aliphatic heterocycles. The molecule has 0 saturated carbocycles. The molecule has 0 aliphatic carbocycles. The average molecular weight is 612 g/mol. The lowest BCUT2D eigenvalue weighted by Gasteiger charge is -2.21. The summed E-state index contributed by atoms with van der Waals surface area (Å²) in [6, 6.07) is 32.6. The molecule has 6 rings (SSSR count). The van der Waals surface area contributed by atoms with Crippen LogP contribution in [0.1, 0.15) is 11.3 Å². The van der Waals surface area contributed by atoms with Crippen molar-refractivity contribution in [1.82, 2.24) is 0 Å². The largest absolute Gasteiger partial charge is 0.457 e. The summed E-state index contributed by atoms with van der Waals surface area (Å²) in [5, 5.41) is 11.8. The molecule has 0 spiro atoms. The summed E-state index contributed by atoms with van der Waals surface area (Å²) in [4.78, 5) is 27.8. The van der Waals surface area contributed by atoms with Gasteiger partial charge in [-0.25, -0.2) is 0 Å². The standard InChI is InChI=1S/C33H20Cl2N2O4S/c34-29-16-6-22(19-30(29)35)32-17-11-26(41-32)18-23-20-31(21-4-2-1-3-5-21)36(33(23)38)24-7-12-27(13-8-24)42-28-14-9-25(10-15-28)37(39)40/h1-20H/b23-18+. The van der Waals surface area contributed by atoms with Crippen LogP contribution in [0.15, 0.2) is 135 Å². The van der Waals surface area contributed by atoms with E-state index in [2.05, 4.69) is 0 Å². The van der Waals surface area contributed by atoms with Crippen molar-refractivity contribution < 1.29 is 14.1 Å². The lowest BCUT2D eigenvalue weighted by atomic mass is 10.1. The number of benzene rings is 4. The minimum atomic E-state index is -0.419. The van der Waals surface area contributed by atoms with Gasteiger partial charge in [-0.15, -0.1) is 0 Å². The maximum Gasteiger partial charge on any atom is 0.269 e. The van der Waals surface area contributed by atoms with E-state index in [0.29, 0.717) is 32.8 Å². The number of halogens is 2. The van der Waals surface area contributed by atoms with E-state index < -0.39 is 4.92 Å². The van der Waals surface area contributed by atoms with Crippen LogP contribution >= 0.6 is 35.0 Å². The molecule has 0 bridgehead atoms. The van der Waals surface area contributed by atoms with Crippen molar-refractivity contribution in [3.8, 4) is 11.3 Å². The third-order valence-electron chi connectivity index (χ3n) is 6.56. The van der Waals surface area contributed by atoms with Crippen molar-refractivity contribution in [3.05, 3.63) is 152 Å². The zero-order chi connectivity index (χ0) is 29.2. The molecule has 1 aliphatic rings. The highest BCUT2D eigenvalue weighted by molar-refractivity contribution is 7.99. The van der Waals surface area contributed by atoms with Crippen LogP contribution in [0.25, 0.3) is 23.1 Å².